The summed E-state index contributed by atoms with van der Waals surface area (Å²) in [5.41, 5.74) is 6.21. The van der Waals surface area contributed by atoms with E-state index in [1.807, 2.05) is 0 Å². The predicted molar refractivity (Wildman–Crippen MR) is 69.9 cm³/mol. The van der Waals surface area contributed by atoms with Crippen molar-refractivity contribution in [3.63, 3.8) is 0 Å². The van der Waals surface area contributed by atoms with Crippen LogP contribution in [0.3, 0.4) is 0 Å². The number of benzene rings is 1. The average molecular weight is 261 g/mol. The fourth-order valence-electron chi connectivity index (χ4n) is 2.68. The third-order valence-corrected chi connectivity index (χ3v) is 3.79. The lowest BCUT2D eigenvalue weighted by molar-refractivity contribution is 0.414. The molecule has 2 atom stereocenters. The fourth-order valence-corrected chi connectivity index (χ4v) is 2.68. The Morgan fingerprint density at radius 1 is 1.37 bits per heavy atom. The fraction of sp³-hybridized carbons (Fsp3) is 0.429. The molecule has 1 aromatic heterocycles. The summed E-state index contributed by atoms with van der Waals surface area (Å²) in [6.07, 6.45) is 3.35. The van der Waals surface area contributed by atoms with Crippen molar-refractivity contribution in [3.05, 3.63) is 29.8 Å². The number of para-hydroxylation sites is 1. The lowest BCUT2D eigenvalue weighted by Crippen LogP contribution is -1.97. The molecule has 2 aromatic rings. The zero-order valence-electron chi connectivity index (χ0n) is 10.8. The summed E-state index contributed by atoms with van der Waals surface area (Å²) in [5.74, 6) is 1.59. The molecule has 4 nitrogen and oxygen atoms in total. The first kappa shape index (κ1) is 12.1. The average Bonchev–Trinajstić information content (AvgIpc) is 3.01. The van der Waals surface area contributed by atoms with Gasteiger partial charge in [-0.05, 0) is 37.3 Å². The van der Waals surface area contributed by atoms with Gasteiger partial charge >= 0.3 is 0 Å². The first-order chi connectivity index (χ1) is 9.15. The van der Waals surface area contributed by atoms with E-state index in [0.717, 1.165) is 12.8 Å². The van der Waals surface area contributed by atoms with Crippen molar-refractivity contribution in [2.45, 2.75) is 32.1 Å². The molecule has 0 saturated heterocycles. The standard InChI is InChI=1S/C14H16FN3O/c1-8-5-6-9(7-8)13-17-14(19-18-13)10-3-2-4-11(15)12(10)16/h2-4,8-9H,5-7,16H2,1H3. The molecule has 1 fully saturated rings. The van der Waals surface area contributed by atoms with Crippen LogP contribution in [0.2, 0.25) is 0 Å². The zero-order chi connectivity index (χ0) is 13.4. The maximum Gasteiger partial charge on any atom is 0.260 e. The van der Waals surface area contributed by atoms with E-state index in [2.05, 4.69) is 17.1 Å². The Kier molecular flexibility index (Phi) is 2.97. The Balaban J connectivity index is 1.91. The van der Waals surface area contributed by atoms with Crippen molar-refractivity contribution >= 4 is 5.69 Å². The summed E-state index contributed by atoms with van der Waals surface area (Å²) in [5, 5.41) is 4.02. The van der Waals surface area contributed by atoms with Crippen LogP contribution in [-0.2, 0) is 0 Å². The summed E-state index contributed by atoms with van der Waals surface area (Å²) in [7, 11) is 0. The third-order valence-electron chi connectivity index (χ3n) is 3.79. The highest BCUT2D eigenvalue weighted by Crippen LogP contribution is 2.37. The van der Waals surface area contributed by atoms with Gasteiger partial charge in [-0.25, -0.2) is 4.39 Å². The molecule has 3 rings (SSSR count). The van der Waals surface area contributed by atoms with Crippen LogP contribution in [-0.4, -0.2) is 10.1 Å². The minimum absolute atomic E-state index is 0.0532. The van der Waals surface area contributed by atoms with Crippen molar-refractivity contribution in [1.82, 2.24) is 10.1 Å². The van der Waals surface area contributed by atoms with Gasteiger partial charge in [0.25, 0.3) is 5.89 Å². The number of halogens is 1. The minimum Gasteiger partial charge on any atom is -0.396 e. The summed E-state index contributed by atoms with van der Waals surface area (Å²) < 4.78 is 18.6. The molecule has 0 amide bonds. The number of anilines is 1. The Morgan fingerprint density at radius 3 is 2.95 bits per heavy atom. The van der Waals surface area contributed by atoms with Crippen LogP contribution in [0.15, 0.2) is 22.7 Å². The second-order valence-corrected chi connectivity index (χ2v) is 5.27. The molecule has 0 aliphatic heterocycles. The molecular weight excluding hydrogens is 245 g/mol. The van der Waals surface area contributed by atoms with Crippen molar-refractivity contribution in [2.75, 3.05) is 5.73 Å². The SMILES string of the molecule is CC1CCC(c2noc(-c3cccc(F)c3N)n2)C1. The smallest absolute Gasteiger partial charge is 0.260 e. The van der Waals surface area contributed by atoms with Crippen molar-refractivity contribution in [3.8, 4) is 11.5 Å². The van der Waals surface area contributed by atoms with Crippen LogP contribution in [0.5, 0.6) is 0 Å². The molecule has 2 unspecified atom stereocenters. The van der Waals surface area contributed by atoms with Gasteiger partial charge in [0.15, 0.2) is 5.82 Å². The Bertz CT molecular complexity index is 596. The predicted octanol–water partition coefficient (Wildman–Crippen LogP) is 3.36. The van der Waals surface area contributed by atoms with Crippen molar-refractivity contribution < 1.29 is 8.91 Å². The van der Waals surface area contributed by atoms with Crippen LogP contribution < -0.4 is 5.73 Å². The highest BCUT2D eigenvalue weighted by atomic mass is 19.1. The van der Waals surface area contributed by atoms with E-state index < -0.39 is 5.82 Å². The van der Waals surface area contributed by atoms with Gasteiger partial charge < -0.3 is 10.3 Å². The molecule has 1 saturated carbocycles. The second kappa shape index (κ2) is 4.64. The number of nitrogens with two attached hydrogens (primary N) is 1. The number of hydrogen-bond donors (Lipinski definition) is 1. The van der Waals surface area contributed by atoms with Gasteiger partial charge in [-0.1, -0.05) is 18.1 Å². The molecule has 1 heterocycles. The number of rotatable bonds is 2. The first-order valence-electron chi connectivity index (χ1n) is 6.53. The minimum atomic E-state index is -0.466. The molecule has 100 valence electrons. The van der Waals surface area contributed by atoms with Crippen LogP contribution >= 0.6 is 0 Å². The second-order valence-electron chi connectivity index (χ2n) is 5.27. The maximum absolute atomic E-state index is 13.4. The molecule has 0 radical (unpaired) electrons. The molecule has 0 spiro atoms. The molecule has 5 heteroatoms. The van der Waals surface area contributed by atoms with E-state index in [9.17, 15) is 4.39 Å². The number of nitrogens with zero attached hydrogens (tertiary/aromatic N) is 2. The molecule has 1 aliphatic carbocycles. The first-order valence-corrected chi connectivity index (χ1v) is 6.53. The summed E-state index contributed by atoms with van der Waals surface area (Å²) >= 11 is 0. The van der Waals surface area contributed by atoms with E-state index in [-0.39, 0.29) is 5.69 Å². The molecule has 1 aliphatic rings. The summed E-state index contributed by atoms with van der Waals surface area (Å²) in [4.78, 5) is 4.37. The van der Waals surface area contributed by atoms with Crippen LogP contribution in [0.25, 0.3) is 11.5 Å². The summed E-state index contributed by atoms with van der Waals surface area (Å²) in [6.45, 7) is 2.23. The van der Waals surface area contributed by atoms with Crippen LogP contribution in [0.4, 0.5) is 10.1 Å². The van der Waals surface area contributed by atoms with Gasteiger partial charge in [-0.2, -0.15) is 4.98 Å². The Labute approximate surface area is 110 Å². The maximum atomic E-state index is 13.4. The molecule has 2 N–H and O–H groups in total. The van der Waals surface area contributed by atoms with E-state index in [1.165, 1.54) is 12.5 Å². The monoisotopic (exact) mass is 261 g/mol. The van der Waals surface area contributed by atoms with Crippen LogP contribution in [0.1, 0.15) is 37.9 Å². The lowest BCUT2D eigenvalue weighted by atomic mass is 10.1. The highest BCUT2D eigenvalue weighted by molar-refractivity contribution is 5.70. The number of hydrogen-bond acceptors (Lipinski definition) is 4. The van der Waals surface area contributed by atoms with Gasteiger partial charge in [-0.3, -0.25) is 0 Å². The zero-order valence-corrected chi connectivity index (χ0v) is 10.8. The topological polar surface area (TPSA) is 64.9 Å². The van der Waals surface area contributed by atoms with Gasteiger partial charge in [0.1, 0.15) is 5.82 Å². The summed E-state index contributed by atoms with van der Waals surface area (Å²) in [6, 6.07) is 4.59. The Hall–Kier alpha value is -1.91. The van der Waals surface area contributed by atoms with Gasteiger partial charge in [-0.15, -0.1) is 0 Å². The Morgan fingerprint density at radius 2 is 2.21 bits per heavy atom. The van der Waals surface area contributed by atoms with E-state index in [1.54, 1.807) is 12.1 Å². The van der Waals surface area contributed by atoms with E-state index in [4.69, 9.17) is 10.3 Å². The molecular formula is C14H16FN3O. The number of aromatic nitrogens is 2. The largest absolute Gasteiger partial charge is 0.396 e. The molecule has 19 heavy (non-hydrogen) atoms. The van der Waals surface area contributed by atoms with Crippen molar-refractivity contribution in [2.24, 2.45) is 5.92 Å². The quantitative estimate of drug-likeness (QED) is 0.842. The van der Waals surface area contributed by atoms with E-state index >= 15 is 0 Å². The van der Waals surface area contributed by atoms with E-state index in [0.29, 0.717) is 29.1 Å². The molecule has 1 aromatic carbocycles. The van der Waals surface area contributed by atoms with Gasteiger partial charge in [0.2, 0.25) is 0 Å². The molecule has 0 bridgehead atoms. The highest BCUT2D eigenvalue weighted by Gasteiger charge is 2.27. The van der Waals surface area contributed by atoms with Crippen molar-refractivity contribution in [1.29, 1.82) is 0 Å². The lowest BCUT2D eigenvalue weighted by Gasteiger charge is -2.02. The van der Waals surface area contributed by atoms with Gasteiger partial charge in [0.05, 0.1) is 11.3 Å². The number of nitrogen functional groups attached to an aromatic ring is 1. The normalized spacial score (nSPS) is 22.8. The van der Waals surface area contributed by atoms with Crippen LogP contribution in [0, 0.1) is 11.7 Å². The third kappa shape index (κ3) is 2.20. The van der Waals surface area contributed by atoms with Gasteiger partial charge in [0, 0.05) is 5.92 Å².